The van der Waals surface area contributed by atoms with Crippen LogP contribution in [0, 0.1) is 5.92 Å². The van der Waals surface area contributed by atoms with Gasteiger partial charge in [-0.25, -0.2) is 0 Å². The first kappa shape index (κ1) is 11.3. The van der Waals surface area contributed by atoms with Gasteiger partial charge in [-0.3, -0.25) is 9.98 Å². The third kappa shape index (κ3) is 1.81. The molecule has 0 saturated carbocycles. The molecule has 3 aliphatic rings. The average Bonchev–Trinajstić information content (AvgIpc) is 2.96. The average molecular weight is 256 g/mol. The summed E-state index contributed by atoms with van der Waals surface area (Å²) in [5.74, 6) is 2.28. The number of hydrogen-bond acceptors (Lipinski definition) is 4. The van der Waals surface area contributed by atoms with Crippen molar-refractivity contribution in [3.05, 3.63) is 22.5 Å². The van der Waals surface area contributed by atoms with Crippen LogP contribution < -0.4 is 10.6 Å². The molecule has 0 bridgehead atoms. The summed E-state index contributed by atoms with van der Waals surface area (Å²) in [4.78, 5) is 9.31. The fraction of sp³-hybridized carbons (Fsp3) is 0.600. The minimum absolute atomic E-state index is 0.587. The molecule has 1 aliphatic heterocycles. The van der Waals surface area contributed by atoms with E-state index in [1.807, 2.05) is 0 Å². The van der Waals surface area contributed by atoms with Crippen molar-refractivity contribution in [3.63, 3.8) is 0 Å². The summed E-state index contributed by atoms with van der Waals surface area (Å²) in [5, 5.41) is 6.83. The van der Waals surface area contributed by atoms with Crippen molar-refractivity contribution in [1.82, 2.24) is 10.3 Å². The molecule has 0 saturated heterocycles. The van der Waals surface area contributed by atoms with Gasteiger partial charge in [-0.05, 0) is 30.2 Å². The maximum Gasteiger partial charge on any atom is 0.195 e. The monoisotopic (exact) mass is 256 g/mol. The van der Waals surface area contributed by atoms with E-state index in [0.29, 0.717) is 5.92 Å². The molecule has 1 aromatic heterocycles. The van der Waals surface area contributed by atoms with Crippen LogP contribution in [0.3, 0.4) is 0 Å². The number of nitrogens with one attached hydrogen (secondary N) is 2. The Labute approximate surface area is 113 Å². The number of aromatic nitrogens is 1. The largest absolute Gasteiger partial charge is 0.354 e. The molecule has 2 aliphatic carbocycles. The number of guanidine groups is 1. The Kier molecular flexibility index (Phi) is 2.34. The maximum atomic E-state index is 4.86. The van der Waals surface area contributed by atoms with E-state index < -0.39 is 0 Å². The van der Waals surface area contributed by atoms with Crippen LogP contribution in [0.25, 0.3) is 0 Å². The van der Waals surface area contributed by atoms with E-state index in [-0.39, 0.29) is 0 Å². The van der Waals surface area contributed by atoms with Gasteiger partial charge >= 0.3 is 0 Å². The first-order valence-corrected chi connectivity index (χ1v) is 7.32. The zero-order valence-corrected chi connectivity index (χ0v) is 11.6. The molecule has 1 unspecified atom stereocenters. The van der Waals surface area contributed by atoms with Gasteiger partial charge in [0.05, 0.1) is 17.9 Å². The molecular formula is C15H20N4. The molecule has 100 valence electrons. The molecular weight excluding hydrogens is 236 g/mol. The highest BCUT2D eigenvalue weighted by atomic mass is 15.2. The van der Waals surface area contributed by atoms with Crippen LogP contribution >= 0.6 is 0 Å². The second kappa shape index (κ2) is 3.95. The molecule has 0 spiro atoms. The van der Waals surface area contributed by atoms with Gasteiger partial charge in [0.2, 0.25) is 0 Å². The molecule has 2 heterocycles. The number of hydrogen-bond donors (Lipinski definition) is 2. The Morgan fingerprint density at radius 1 is 1.26 bits per heavy atom. The van der Waals surface area contributed by atoms with Crippen LogP contribution in [-0.4, -0.2) is 24.0 Å². The summed E-state index contributed by atoms with van der Waals surface area (Å²) >= 11 is 0. The molecule has 0 amide bonds. The lowest BCUT2D eigenvalue weighted by molar-refractivity contribution is 0.442. The molecule has 2 N–H and O–H groups in total. The molecule has 0 radical (unpaired) electrons. The number of rotatable bonds is 1. The highest BCUT2D eigenvalue weighted by Gasteiger charge is 2.34. The van der Waals surface area contributed by atoms with Crippen molar-refractivity contribution in [3.8, 4) is 0 Å². The normalized spacial score (nSPS) is 27.2. The lowest BCUT2D eigenvalue weighted by Gasteiger charge is -2.28. The Morgan fingerprint density at radius 2 is 2.16 bits per heavy atom. The predicted molar refractivity (Wildman–Crippen MR) is 76.9 cm³/mol. The molecule has 0 aromatic carbocycles. The van der Waals surface area contributed by atoms with Crippen LogP contribution in [0.1, 0.15) is 48.7 Å². The number of pyridine rings is 1. The summed E-state index contributed by atoms with van der Waals surface area (Å²) in [5.41, 5.74) is 6.79. The van der Waals surface area contributed by atoms with Gasteiger partial charge in [0, 0.05) is 24.2 Å². The topological polar surface area (TPSA) is 49.3 Å². The van der Waals surface area contributed by atoms with Gasteiger partial charge in [-0.2, -0.15) is 0 Å². The molecule has 2 atom stereocenters. The van der Waals surface area contributed by atoms with E-state index >= 15 is 0 Å². The predicted octanol–water partition coefficient (Wildman–Crippen LogP) is 2.04. The molecule has 0 fully saturated rings. The summed E-state index contributed by atoms with van der Waals surface area (Å²) < 4.78 is 0. The van der Waals surface area contributed by atoms with Gasteiger partial charge in [-0.1, -0.05) is 13.8 Å². The first-order chi connectivity index (χ1) is 9.22. The van der Waals surface area contributed by atoms with E-state index in [4.69, 9.17) is 4.98 Å². The van der Waals surface area contributed by atoms with Crippen molar-refractivity contribution in [2.24, 2.45) is 10.9 Å². The molecule has 4 heteroatoms. The molecule has 1 aromatic rings. The summed E-state index contributed by atoms with van der Waals surface area (Å²) in [6, 6.07) is 0. The van der Waals surface area contributed by atoms with Gasteiger partial charge < -0.3 is 10.6 Å². The van der Waals surface area contributed by atoms with Crippen LogP contribution in [-0.2, 0) is 12.8 Å². The minimum Gasteiger partial charge on any atom is -0.354 e. The van der Waals surface area contributed by atoms with Crippen molar-refractivity contribution < 1.29 is 0 Å². The van der Waals surface area contributed by atoms with Gasteiger partial charge in [0.25, 0.3) is 0 Å². The first-order valence-electron chi connectivity index (χ1n) is 7.32. The SMILES string of the molecule is CC1Cc2c(nc3c(c2NC2=NCCN2)C3)[C@H](C)C1. The number of fused-ring (bicyclic) bond motifs is 2. The van der Waals surface area contributed by atoms with Crippen molar-refractivity contribution in [1.29, 1.82) is 0 Å². The summed E-state index contributed by atoms with van der Waals surface area (Å²) in [6.45, 7) is 6.49. The van der Waals surface area contributed by atoms with Crippen molar-refractivity contribution >= 4 is 11.6 Å². The lowest BCUT2D eigenvalue weighted by atomic mass is 9.81. The molecule has 4 nitrogen and oxygen atoms in total. The maximum absolute atomic E-state index is 4.86. The van der Waals surface area contributed by atoms with E-state index in [1.54, 1.807) is 0 Å². The van der Waals surface area contributed by atoms with E-state index in [0.717, 1.165) is 37.8 Å². The quantitative estimate of drug-likeness (QED) is 0.821. The van der Waals surface area contributed by atoms with Crippen molar-refractivity contribution in [2.45, 2.75) is 39.0 Å². The van der Waals surface area contributed by atoms with Gasteiger partial charge in [0.1, 0.15) is 0 Å². The smallest absolute Gasteiger partial charge is 0.195 e. The van der Waals surface area contributed by atoms with E-state index in [1.165, 1.54) is 34.6 Å². The molecule has 4 rings (SSSR count). The number of nitrogens with zero attached hydrogens (tertiary/aromatic N) is 2. The Morgan fingerprint density at radius 3 is 2.95 bits per heavy atom. The third-order valence-electron chi connectivity index (χ3n) is 4.43. The minimum atomic E-state index is 0.587. The van der Waals surface area contributed by atoms with Gasteiger partial charge in [-0.15, -0.1) is 0 Å². The third-order valence-corrected chi connectivity index (χ3v) is 4.43. The standard InChI is InChI=1S/C15H20N4/c1-8-5-9(2)13-11(6-8)14(10-7-12(10)18-13)19-15-16-3-4-17-15/h8-9H,3-7H2,1-2H3,(H2,16,17,18,19)/t8?,9-/m1/s1. The van der Waals surface area contributed by atoms with E-state index in [9.17, 15) is 0 Å². The van der Waals surface area contributed by atoms with Crippen LogP contribution in [0.4, 0.5) is 5.69 Å². The summed E-state index contributed by atoms with van der Waals surface area (Å²) in [7, 11) is 0. The van der Waals surface area contributed by atoms with E-state index in [2.05, 4.69) is 29.5 Å². The highest BCUT2D eigenvalue weighted by molar-refractivity contribution is 5.97. The Bertz CT molecular complexity index is 576. The summed E-state index contributed by atoms with van der Waals surface area (Å²) in [6.07, 6.45) is 3.47. The zero-order valence-electron chi connectivity index (χ0n) is 11.6. The lowest BCUT2D eigenvalue weighted by Crippen LogP contribution is -2.28. The fourth-order valence-electron chi connectivity index (χ4n) is 3.50. The molecule has 19 heavy (non-hydrogen) atoms. The Balaban J connectivity index is 1.76. The fourth-order valence-corrected chi connectivity index (χ4v) is 3.50. The van der Waals surface area contributed by atoms with Crippen molar-refractivity contribution in [2.75, 3.05) is 18.4 Å². The highest BCUT2D eigenvalue weighted by Crippen LogP contribution is 2.44. The number of aliphatic imine (C=N–C) groups is 1. The van der Waals surface area contributed by atoms with Crippen LogP contribution in [0.5, 0.6) is 0 Å². The Hall–Kier alpha value is -1.58. The zero-order chi connectivity index (χ0) is 13.0. The second-order valence-corrected chi connectivity index (χ2v) is 6.18. The number of anilines is 1. The van der Waals surface area contributed by atoms with Crippen LogP contribution in [0.15, 0.2) is 4.99 Å². The van der Waals surface area contributed by atoms with Crippen LogP contribution in [0.2, 0.25) is 0 Å². The van der Waals surface area contributed by atoms with Gasteiger partial charge in [0.15, 0.2) is 5.96 Å². The second-order valence-electron chi connectivity index (χ2n) is 6.18.